The minimum atomic E-state index is -0.190. The van der Waals surface area contributed by atoms with E-state index in [1.165, 1.54) is 38.5 Å². The molecule has 0 aliphatic heterocycles. The van der Waals surface area contributed by atoms with Crippen molar-refractivity contribution in [2.75, 3.05) is 0 Å². The zero-order chi connectivity index (χ0) is 21.2. The van der Waals surface area contributed by atoms with Crippen molar-refractivity contribution in [1.82, 2.24) is 0 Å². The van der Waals surface area contributed by atoms with Crippen molar-refractivity contribution in [3.05, 3.63) is 0 Å². The Labute approximate surface area is 179 Å². The average Bonchev–Trinajstić information content (AvgIpc) is 2.96. The lowest BCUT2D eigenvalue weighted by Crippen LogP contribution is -2.57. The first-order valence-corrected chi connectivity index (χ1v) is 12.7. The standard InChI is InChI=1S/C27H46O2/c1-17(11-13-25(2,3)4)20-9-10-21-19-15-24(29)23-8-7-18(28)16-27(23,6)22(19)12-14-26(20,21)5/h17-23,28H,7-16H2,1-6H3/t17-,18+,19+,20-,21+,22+,23-,26-,27-/m1/s1. The van der Waals surface area contributed by atoms with E-state index in [-0.39, 0.29) is 17.4 Å². The number of rotatable bonds is 3. The zero-order valence-corrected chi connectivity index (χ0v) is 20.0. The molecule has 0 bridgehead atoms. The van der Waals surface area contributed by atoms with Gasteiger partial charge in [-0.1, -0.05) is 41.5 Å². The minimum absolute atomic E-state index is 0.0505. The summed E-state index contributed by atoms with van der Waals surface area (Å²) in [5, 5.41) is 10.5. The normalized spacial score (nSPS) is 48.6. The van der Waals surface area contributed by atoms with Crippen LogP contribution < -0.4 is 0 Å². The van der Waals surface area contributed by atoms with Crippen molar-refractivity contribution in [1.29, 1.82) is 0 Å². The molecule has 1 N–H and O–H groups in total. The summed E-state index contributed by atoms with van der Waals surface area (Å²) in [6, 6.07) is 0. The van der Waals surface area contributed by atoms with Gasteiger partial charge in [0.15, 0.2) is 0 Å². The van der Waals surface area contributed by atoms with E-state index in [0.29, 0.717) is 28.4 Å². The van der Waals surface area contributed by atoms with Crippen LogP contribution in [-0.4, -0.2) is 17.0 Å². The molecule has 0 aromatic rings. The first kappa shape index (κ1) is 21.8. The van der Waals surface area contributed by atoms with E-state index in [9.17, 15) is 9.90 Å². The summed E-state index contributed by atoms with van der Waals surface area (Å²) in [6.45, 7) is 14.6. The van der Waals surface area contributed by atoms with Crippen LogP contribution in [0.5, 0.6) is 0 Å². The minimum Gasteiger partial charge on any atom is -0.393 e. The number of hydrogen-bond acceptors (Lipinski definition) is 2. The van der Waals surface area contributed by atoms with Gasteiger partial charge in [-0.3, -0.25) is 4.79 Å². The highest BCUT2D eigenvalue weighted by Gasteiger charge is 2.62. The molecule has 0 saturated heterocycles. The predicted octanol–water partition coefficient (Wildman–Crippen LogP) is 6.65. The summed E-state index contributed by atoms with van der Waals surface area (Å²) in [5.74, 6) is 4.33. The van der Waals surface area contributed by atoms with Gasteiger partial charge in [0.05, 0.1) is 6.10 Å². The van der Waals surface area contributed by atoms with Crippen molar-refractivity contribution in [2.45, 2.75) is 112 Å². The predicted molar refractivity (Wildman–Crippen MR) is 119 cm³/mol. The molecular weight excluding hydrogens is 356 g/mol. The molecule has 4 fully saturated rings. The smallest absolute Gasteiger partial charge is 0.136 e. The summed E-state index contributed by atoms with van der Waals surface area (Å²) in [4.78, 5) is 13.2. The molecule has 0 radical (unpaired) electrons. The molecule has 166 valence electrons. The van der Waals surface area contributed by atoms with E-state index in [1.54, 1.807) is 0 Å². The fourth-order valence-corrected chi connectivity index (χ4v) is 8.98. The second-order valence-corrected chi connectivity index (χ2v) is 13.3. The number of fused-ring (bicyclic) bond motifs is 5. The molecule has 4 rings (SSSR count). The van der Waals surface area contributed by atoms with Gasteiger partial charge in [-0.25, -0.2) is 0 Å². The van der Waals surface area contributed by atoms with Gasteiger partial charge < -0.3 is 5.11 Å². The maximum absolute atomic E-state index is 13.2. The highest BCUT2D eigenvalue weighted by Crippen LogP contribution is 2.67. The lowest BCUT2D eigenvalue weighted by molar-refractivity contribution is -0.160. The van der Waals surface area contributed by atoms with Crippen LogP contribution in [0.3, 0.4) is 0 Å². The van der Waals surface area contributed by atoms with Crippen LogP contribution in [-0.2, 0) is 4.79 Å². The van der Waals surface area contributed by atoms with Crippen molar-refractivity contribution in [3.8, 4) is 0 Å². The zero-order valence-electron chi connectivity index (χ0n) is 20.0. The van der Waals surface area contributed by atoms with E-state index < -0.39 is 0 Å². The highest BCUT2D eigenvalue weighted by molar-refractivity contribution is 5.83. The molecule has 9 atom stereocenters. The first-order chi connectivity index (χ1) is 13.5. The Bertz CT molecular complexity index is 633. The van der Waals surface area contributed by atoms with Crippen LogP contribution >= 0.6 is 0 Å². The molecule has 0 aromatic carbocycles. The van der Waals surface area contributed by atoms with Crippen LogP contribution in [0.1, 0.15) is 106 Å². The molecule has 2 nitrogen and oxygen atoms in total. The van der Waals surface area contributed by atoms with E-state index in [0.717, 1.165) is 43.4 Å². The van der Waals surface area contributed by atoms with Crippen molar-refractivity contribution >= 4 is 5.78 Å². The summed E-state index contributed by atoms with van der Waals surface area (Å²) in [7, 11) is 0. The third-order valence-corrected chi connectivity index (χ3v) is 10.5. The molecular formula is C27H46O2. The number of ketones is 1. The first-order valence-electron chi connectivity index (χ1n) is 12.7. The number of aliphatic hydroxyl groups excluding tert-OH is 1. The molecule has 2 heteroatoms. The highest BCUT2D eigenvalue weighted by atomic mass is 16.3. The van der Waals surface area contributed by atoms with E-state index >= 15 is 0 Å². The third kappa shape index (κ3) is 3.64. The van der Waals surface area contributed by atoms with Crippen LogP contribution in [0.25, 0.3) is 0 Å². The molecule has 0 aromatic heterocycles. The van der Waals surface area contributed by atoms with Gasteiger partial charge in [0.2, 0.25) is 0 Å². The van der Waals surface area contributed by atoms with Crippen molar-refractivity contribution in [3.63, 3.8) is 0 Å². The van der Waals surface area contributed by atoms with Gasteiger partial charge in [0.1, 0.15) is 5.78 Å². The van der Waals surface area contributed by atoms with Crippen LogP contribution in [0.2, 0.25) is 0 Å². The molecule has 29 heavy (non-hydrogen) atoms. The second-order valence-electron chi connectivity index (χ2n) is 13.3. The van der Waals surface area contributed by atoms with Gasteiger partial charge in [0, 0.05) is 12.3 Å². The maximum Gasteiger partial charge on any atom is 0.136 e. The Balaban J connectivity index is 1.54. The molecule has 0 spiro atoms. The summed E-state index contributed by atoms with van der Waals surface area (Å²) in [5.41, 5.74) is 0.899. The lowest BCUT2D eigenvalue weighted by atomic mass is 9.44. The van der Waals surface area contributed by atoms with Gasteiger partial charge in [0.25, 0.3) is 0 Å². The van der Waals surface area contributed by atoms with Gasteiger partial charge >= 0.3 is 0 Å². The SMILES string of the molecule is C[C@H](CCC(C)(C)C)[C@H]1CC[C@H]2[C@@H]3CC(=O)[C@H]4CC[C@H](O)C[C@]4(C)[C@H]3CC[C@]12C. The van der Waals surface area contributed by atoms with Crippen molar-refractivity contribution in [2.24, 2.45) is 51.8 Å². The molecule has 0 heterocycles. The molecule has 4 aliphatic rings. The largest absolute Gasteiger partial charge is 0.393 e. The Hall–Kier alpha value is -0.370. The number of carbonyl (C=O) groups is 1. The molecule has 0 unspecified atom stereocenters. The Morgan fingerprint density at radius 2 is 1.72 bits per heavy atom. The second kappa shape index (κ2) is 7.35. The number of Topliss-reactive ketones (excluding diaryl/α,β-unsaturated/α-hetero) is 1. The Kier molecular flexibility index (Phi) is 5.54. The van der Waals surface area contributed by atoms with Crippen molar-refractivity contribution < 1.29 is 9.90 Å². The quantitative estimate of drug-likeness (QED) is 0.574. The van der Waals surface area contributed by atoms with Crippen LogP contribution in [0, 0.1) is 51.8 Å². The number of aliphatic hydroxyl groups is 1. The fraction of sp³-hybridized carbons (Fsp3) is 0.963. The summed E-state index contributed by atoms with van der Waals surface area (Å²) in [6.07, 6.45) is 11.2. The average molecular weight is 403 g/mol. The summed E-state index contributed by atoms with van der Waals surface area (Å²) < 4.78 is 0. The fourth-order valence-electron chi connectivity index (χ4n) is 8.98. The number of carbonyl (C=O) groups excluding carboxylic acids is 1. The number of hydrogen-bond donors (Lipinski definition) is 1. The molecule has 4 saturated carbocycles. The van der Waals surface area contributed by atoms with E-state index in [4.69, 9.17) is 0 Å². The monoisotopic (exact) mass is 402 g/mol. The third-order valence-electron chi connectivity index (χ3n) is 10.5. The van der Waals surface area contributed by atoms with Crippen LogP contribution in [0.4, 0.5) is 0 Å². The van der Waals surface area contributed by atoms with E-state index in [1.807, 2.05) is 0 Å². The maximum atomic E-state index is 13.2. The Morgan fingerprint density at radius 1 is 1.03 bits per heavy atom. The van der Waals surface area contributed by atoms with Gasteiger partial charge in [-0.2, -0.15) is 0 Å². The molecule has 0 amide bonds. The topological polar surface area (TPSA) is 37.3 Å². The van der Waals surface area contributed by atoms with Gasteiger partial charge in [-0.15, -0.1) is 0 Å². The summed E-state index contributed by atoms with van der Waals surface area (Å²) >= 11 is 0. The molecule has 4 aliphatic carbocycles. The lowest BCUT2D eigenvalue weighted by Gasteiger charge is -2.60. The Morgan fingerprint density at radius 3 is 2.41 bits per heavy atom. The van der Waals surface area contributed by atoms with E-state index in [2.05, 4.69) is 41.5 Å². The van der Waals surface area contributed by atoms with Gasteiger partial charge in [-0.05, 0) is 104 Å². The van der Waals surface area contributed by atoms with Crippen LogP contribution in [0.15, 0.2) is 0 Å².